The summed E-state index contributed by atoms with van der Waals surface area (Å²) in [4.78, 5) is 12.0. The molecule has 0 spiro atoms. The zero-order valence-corrected chi connectivity index (χ0v) is 16.5. The maximum absolute atomic E-state index is 12.0. The minimum Gasteiger partial charge on any atom is -0.496 e. The van der Waals surface area contributed by atoms with E-state index < -0.39 is 10.0 Å². The van der Waals surface area contributed by atoms with Gasteiger partial charge in [-0.2, -0.15) is 0 Å². The van der Waals surface area contributed by atoms with Gasteiger partial charge in [0.05, 0.1) is 13.4 Å². The van der Waals surface area contributed by atoms with Crippen LogP contribution in [-0.4, -0.2) is 45.7 Å². The summed E-state index contributed by atoms with van der Waals surface area (Å²) in [5.41, 5.74) is 1.71. The third-order valence-corrected chi connectivity index (χ3v) is 5.19. The number of hydrogen-bond acceptors (Lipinski definition) is 5. The van der Waals surface area contributed by atoms with E-state index in [4.69, 9.17) is 9.47 Å². The largest absolute Gasteiger partial charge is 0.496 e. The van der Waals surface area contributed by atoms with Crippen molar-refractivity contribution in [3.63, 3.8) is 0 Å². The monoisotopic (exact) mass is 392 g/mol. The lowest BCUT2D eigenvalue weighted by Crippen LogP contribution is -2.28. The highest BCUT2D eigenvalue weighted by atomic mass is 32.2. The maximum atomic E-state index is 12.0. The van der Waals surface area contributed by atoms with Gasteiger partial charge in [-0.15, -0.1) is 0 Å². The summed E-state index contributed by atoms with van der Waals surface area (Å²) < 4.78 is 34.8. The lowest BCUT2D eigenvalue weighted by atomic mass is 10.2. The summed E-state index contributed by atoms with van der Waals surface area (Å²) >= 11 is 0. The van der Waals surface area contributed by atoms with Gasteiger partial charge in [-0.05, 0) is 23.8 Å². The molecule has 2 rings (SSSR count). The molecule has 0 unspecified atom stereocenters. The van der Waals surface area contributed by atoms with Crippen LogP contribution < -0.4 is 14.8 Å². The summed E-state index contributed by atoms with van der Waals surface area (Å²) in [5.74, 6) is 1.00. The van der Waals surface area contributed by atoms with Gasteiger partial charge in [-0.1, -0.05) is 30.3 Å². The highest BCUT2D eigenvalue weighted by molar-refractivity contribution is 7.88. The first kappa shape index (κ1) is 20.7. The first-order valence-electron chi connectivity index (χ1n) is 8.31. The standard InChI is InChI=1S/C19H24N2O5S/c1-21(27(3,23)24)13-15-8-10-17(11-9-15)26-14-19(22)20-12-16-6-4-5-7-18(16)25-2/h4-11H,12-14H2,1-3H3,(H,20,22). The van der Waals surface area contributed by atoms with Crippen LogP contribution in [0.3, 0.4) is 0 Å². The van der Waals surface area contributed by atoms with Crippen molar-refractivity contribution in [1.82, 2.24) is 9.62 Å². The number of rotatable bonds is 9. The number of nitrogens with zero attached hydrogens (tertiary/aromatic N) is 1. The average molecular weight is 392 g/mol. The van der Waals surface area contributed by atoms with Crippen molar-refractivity contribution in [3.8, 4) is 11.5 Å². The summed E-state index contributed by atoms with van der Waals surface area (Å²) in [6.07, 6.45) is 1.16. The zero-order chi connectivity index (χ0) is 19.9. The van der Waals surface area contributed by atoms with Crippen molar-refractivity contribution in [2.75, 3.05) is 27.0 Å². The van der Waals surface area contributed by atoms with Gasteiger partial charge in [0.2, 0.25) is 10.0 Å². The van der Waals surface area contributed by atoms with Gasteiger partial charge in [0, 0.05) is 25.7 Å². The van der Waals surface area contributed by atoms with Crippen molar-refractivity contribution in [2.45, 2.75) is 13.1 Å². The van der Waals surface area contributed by atoms with Crippen LogP contribution in [0.4, 0.5) is 0 Å². The van der Waals surface area contributed by atoms with Crippen molar-refractivity contribution in [2.24, 2.45) is 0 Å². The van der Waals surface area contributed by atoms with Crippen LogP contribution >= 0.6 is 0 Å². The van der Waals surface area contributed by atoms with Gasteiger partial charge >= 0.3 is 0 Å². The first-order valence-corrected chi connectivity index (χ1v) is 10.2. The molecule has 0 aromatic heterocycles. The van der Waals surface area contributed by atoms with Crippen molar-refractivity contribution in [3.05, 3.63) is 59.7 Å². The topological polar surface area (TPSA) is 84.9 Å². The van der Waals surface area contributed by atoms with E-state index in [2.05, 4.69) is 5.32 Å². The number of hydrogen-bond donors (Lipinski definition) is 1. The van der Waals surface area contributed by atoms with Crippen LogP contribution in [0.2, 0.25) is 0 Å². The molecule has 0 aliphatic heterocycles. The van der Waals surface area contributed by atoms with Gasteiger partial charge in [-0.3, -0.25) is 4.79 Å². The molecule has 146 valence electrons. The predicted octanol–water partition coefficient (Wildman–Crippen LogP) is 1.78. The fourth-order valence-corrected chi connectivity index (χ4v) is 2.69. The van der Waals surface area contributed by atoms with E-state index in [1.165, 1.54) is 11.4 Å². The quantitative estimate of drug-likeness (QED) is 0.703. The molecule has 2 aromatic rings. The molecule has 0 atom stereocenters. The number of ether oxygens (including phenoxy) is 2. The molecule has 0 saturated carbocycles. The highest BCUT2D eigenvalue weighted by Crippen LogP contribution is 2.17. The Morgan fingerprint density at radius 3 is 2.41 bits per heavy atom. The van der Waals surface area contributed by atoms with Crippen LogP contribution in [0.5, 0.6) is 11.5 Å². The third kappa shape index (κ3) is 6.58. The van der Waals surface area contributed by atoms with E-state index in [1.54, 1.807) is 31.4 Å². The lowest BCUT2D eigenvalue weighted by Gasteiger charge is -2.14. The summed E-state index contributed by atoms with van der Waals surface area (Å²) in [6, 6.07) is 14.4. The fraction of sp³-hybridized carbons (Fsp3) is 0.316. The summed E-state index contributed by atoms with van der Waals surface area (Å²) in [5, 5.41) is 2.78. The van der Waals surface area contributed by atoms with Crippen LogP contribution in [0.25, 0.3) is 0 Å². The number of nitrogens with one attached hydrogen (secondary N) is 1. The second-order valence-electron chi connectivity index (χ2n) is 6.04. The normalized spacial score (nSPS) is 11.3. The number of methoxy groups -OCH3 is 1. The smallest absolute Gasteiger partial charge is 0.258 e. The molecule has 0 aliphatic rings. The molecule has 0 aliphatic carbocycles. The van der Waals surface area contributed by atoms with E-state index in [1.807, 2.05) is 24.3 Å². The molecule has 27 heavy (non-hydrogen) atoms. The van der Waals surface area contributed by atoms with E-state index >= 15 is 0 Å². The number of para-hydroxylation sites is 1. The molecule has 0 radical (unpaired) electrons. The maximum Gasteiger partial charge on any atom is 0.258 e. The first-order chi connectivity index (χ1) is 12.8. The van der Waals surface area contributed by atoms with Crippen molar-refractivity contribution >= 4 is 15.9 Å². The fourth-order valence-electron chi connectivity index (χ4n) is 2.31. The Kier molecular flexibility index (Phi) is 7.20. The van der Waals surface area contributed by atoms with E-state index in [9.17, 15) is 13.2 Å². The molecule has 0 saturated heterocycles. The Morgan fingerprint density at radius 2 is 1.78 bits per heavy atom. The predicted molar refractivity (Wildman–Crippen MR) is 103 cm³/mol. The molecule has 8 heteroatoms. The van der Waals surface area contributed by atoms with Gasteiger partial charge in [0.15, 0.2) is 6.61 Å². The molecular weight excluding hydrogens is 368 g/mol. The molecule has 0 bridgehead atoms. The van der Waals surface area contributed by atoms with Crippen molar-refractivity contribution in [1.29, 1.82) is 0 Å². The molecule has 2 aromatic carbocycles. The van der Waals surface area contributed by atoms with Crippen LogP contribution in [0, 0.1) is 0 Å². The number of sulfonamides is 1. The van der Waals surface area contributed by atoms with Crippen LogP contribution in [-0.2, 0) is 27.9 Å². The number of benzene rings is 2. The molecule has 0 heterocycles. The Hall–Kier alpha value is -2.58. The Bertz CT molecular complexity index is 866. The second-order valence-corrected chi connectivity index (χ2v) is 8.13. The molecule has 1 amide bonds. The number of carbonyl (C=O) groups excluding carboxylic acids is 1. The Labute approximate surface area is 160 Å². The summed E-state index contributed by atoms with van der Waals surface area (Å²) in [6.45, 7) is 0.513. The molecule has 0 fully saturated rings. The Balaban J connectivity index is 1.81. The second kappa shape index (κ2) is 9.38. The Morgan fingerprint density at radius 1 is 1.11 bits per heavy atom. The highest BCUT2D eigenvalue weighted by Gasteiger charge is 2.11. The molecule has 1 N–H and O–H groups in total. The third-order valence-electron chi connectivity index (χ3n) is 3.93. The minimum atomic E-state index is -3.23. The van der Waals surface area contributed by atoms with Gasteiger partial charge in [-0.25, -0.2) is 12.7 Å². The average Bonchev–Trinajstić information content (AvgIpc) is 2.65. The van der Waals surface area contributed by atoms with Crippen LogP contribution in [0.1, 0.15) is 11.1 Å². The van der Waals surface area contributed by atoms with E-state index in [-0.39, 0.29) is 19.1 Å². The van der Waals surface area contributed by atoms with E-state index in [0.717, 1.165) is 17.4 Å². The SMILES string of the molecule is COc1ccccc1CNC(=O)COc1ccc(CN(C)S(C)(=O)=O)cc1. The van der Waals surface area contributed by atoms with Gasteiger partial charge < -0.3 is 14.8 Å². The van der Waals surface area contributed by atoms with Gasteiger partial charge in [0.25, 0.3) is 5.91 Å². The zero-order valence-electron chi connectivity index (χ0n) is 15.6. The number of carbonyl (C=O) groups is 1. The van der Waals surface area contributed by atoms with Crippen molar-refractivity contribution < 1.29 is 22.7 Å². The molecular formula is C19H24N2O5S. The minimum absolute atomic E-state index is 0.113. The molecule has 7 nitrogen and oxygen atoms in total. The van der Waals surface area contributed by atoms with E-state index in [0.29, 0.717) is 18.0 Å². The van der Waals surface area contributed by atoms with Crippen LogP contribution in [0.15, 0.2) is 48.5 Å². The number of amides is 1. The van der Waals surface area contributed by atoms with Gasteiger partial charge in [0.1, 0.15) is 11.5 Å². The summed E-state index contributed by atoms with van der Waals surface area (Å²) in [7, 11) is -0.123. The lowest BCUT2D eigenvalue weighted by molar-refractivity contribution is -0.123.